The molecule has 1 N–H and O–H groups in total. The second kappa shape index (κ2) is 7.07. The number of hydrogen-bond acceptors (Lipinski definition) is 3. The Balaban J connectivity index is 1.68. The van der Waals surface area contributed by atoms with E-state index in [4.69, 9.17) is 0 Å². The summed E-state index contributed by atoms with van der Waals surface area (Å²) >= 11 is 1.99. The molecule has 0 aromatic heterocycles. The van der Waals surface area contributed by atoms with Gasteiger partial charge in [0.25, 0.3) is 0 Å². The smallest absolute Gasteiger partial charge is 0.126 e. The molecule has 0 bridgehead atoms. The molecule has 5 heteroatoms. The van der Waals surface area contributed by atoms with Crippen molar-refractivity contribution < 1.29 is 8.78 Å². The number of benzene rings is 1. The quantitative estimate of drug-likeness (QED) is 0.827. The van der Waals surface area contributed by atoms with Crippen LogP contribution in [0.3, 0.4) is 0 Å². The van der Waals surface area contributed by atoms with Crippen LogP contribution in [0.1, 0.15) is 5.56 Å². The molecule has 1 saturated heterocycles. The molecule has 0 radical (unpaired) electrons. The highest BCUT2D eigenvalue weighted by molar-refractivity contribution is 7.99. The highest BCUT2D eigenvalue weighted by Crippen LogP contribution is 2.09. The first-order chi connectivity index (χ1) is 8.74. The topological polar surface area (TPSA) is 15.3 Å². The molecular formula is C13H18F2N2S. The van der Waals surface area contributed by atoms with Crippen molar-refractivity contribution in [3.8, 4) is 0 Å². The van der Waals surface area contributed by atoms with E-state index in [2.05, 4.69) is 10.2 Å². The molecule has 0 atom stereocenters. The van der Waals surface area contributed by atoms with Gasteiger partial charge in [0.1, 0.15) is 11.6 Å². The van der Waals surface area contributed by atoms with Crippen LogP contribution < -0.4 is 5.32 Å². The zero-order chi connectivity index (χ0) is 12.8. The molecule has 1 aromatic carbocycles. The normalized spacial score (nSPS) is 17.0. The van der Waals surface area contributed by atoms with Crippen molar-refractivity contribution in [2.75, 3.05) is 37.7 Å². The van der Waals surface area contributed by atoms with Crippen LogP contribution in [0.4, 0.5) is 8.78 Å². The molecule has 0 spiro atoms. The van der Waals surface area contributed by atoms with Gasteiger partial charge in [-0.15, -0.1) is 0 Å². The van der Waals surface area contributed by atoms with Gasteiger partial charge in [0, 0.05) is 50.3 Å². The van der Waals surface area contributed by atoms with Gasteiger partial charge in [-0.1, -0.05) is 0 Å². The van der Waals surface area contributed by atoms with E-state index in [9.17, 15) is 8.78 Å². The van der Waals surface area contributed by atoms with Gasteiger partial charge >= 0.3 is 0 Å². The molecule has 0 unspecified atom stereocenters. The van der Waals surface area contributed by atoms with E-state index in [-0.39, 0.29) is 0 Å². The van der Waals surface area contributed by atoms with E-state index in [0.717, 1.165) is 32.2 Å². The highest BCUT2D eigenvalue weighted by atomic mass is 32.2. The van der Waals surface area contributed by atoms with Crippen LogP contribution in [-0.4, -0.2) is 42.6 Å². The zero-order valence-corrected chi connectivity index (χ0v) is 11.1. The first-order valence-electron chi connectivity index (χ1n) is 6.20. The number of rotatable bonds is 5. The summed E-state index contributed by atoms with van der Waals surface area (Å²) < 4.78 is 25.9. The molecule has 0 saturated carbocycles. The van der Waals surface area contributed by atoms with Gasteiger partial charge in [-0.3, -0.25) is 0 Å². The van der Waals surface area contributed by atoms with E-state index < -0.39 is 11.6 Å². The lowest BCUT2D eigenvalue weighted by molar-refractivity contribution is 0.301. The van der Waals surface area contributed by atoms with Gasteiger partial charge in [0.15, 0.2) is 0 Å². The minimum absolute atomic E-state index is 0.511. The predicted molar refractivity (Wildman–Crippen MR) is 71.8 cm³/mol. The molecule has 1 aliphatic heterocycles. The van der Waals surface area contributed by atoms with Gasteiger partial charge < -0.3 is 10.2 Å². The fourth-order valence-electron chi connectivity index (χ4n) is 2.01. The van der Waals surface area contributed by atoms with E-state index in [1.807, 2.05) is 11.8 Å². The third-order valence-corrected chi connectivity index (χ3v) is 3.90. The summed E-state index contributed by atoms with van der Waals surface area (Å²) in [6.45, 7) is 4.64. The molecule has 1 aromatic rings. The Morgan fingerprint density at radius 3 is 2.44 bits per heavy atom. The molecule has 2 nitrogen and oxygen atoms in total. The van der Waals surface area contributed by atoms with Crippen LogP contribution in [0.2, 0.25) is 0 Å². The zero-order valence-electron chi connectivity index (χ0n) is 10.3. The Bertz CT molecular complexity index is 361. The molecule has 0 aliphatic carbocycles. The third kappa shape index (κ3) is 4.55. The van der Waals surface area contributed by atoms with E-state index >= 15 is 0 Å². The highest BCUT2D eigenvalue weighted by Gasteiger charge is 2.09. The fourth-order valence-corrected chi connectivity index (χ4v) is 2.99. The Kier molecular flexibility index (Phi) is 5.41. The molecule has 1 heterocycles. The second-order valence-electron chi connectivity index (χ2n) is 4.41. The van der Waals surface area contributed by atoms with Crippen molar-refractivity contribution in [2.45, 2.75) is 6.54 Å². The average Bonchev–Trinajstić information content (AvgIpc) is 2.35. The molecule has 18 heavy (non-hydrogen) atoms. The Morgan fingerprint density at radius 2 is 1.78 bits per heavy atom. The molecule has 1 fully saturated rings. The van der Waals surface area contributed by atoms with Crippen molar-refractivity contribution in [1.82, 2.24) is 10.2 Å². The monoisotopic (exact) mass is 272 g/mol. The lowest BCUT2D eigenvalue weighted by atomic mass is 10.2. The summed E-state index contributed by atoms with van der Waals surface area (Å²) in [5.74, 6) is 1.38. The van der Waals surface area contributed by atoms with Crippen molar-refractivity contribution in [3.05, 3.63) is 35.4 Å². The molecule has 2 rings (SSSR count). The first-order valence-corrected chi connectivity index (χ1v) is 7.35. The molecule has 0 amide bonds. The number of nitrogens with zero attached hydrogens (tertiary/aromatic N) is 1. The van der Waals surface area contributed by atoms with Crippen molar-refractivity contribution in [3.63, 3.8) is 0 Å². The summed E-state index contributed by atoms with van der Waals surface area (Å²) in [5.41, 5.74) is 0.654. The van der Waals surface area contributed by atoms with Gasteiger partial charge in [-0.2, -0.15) is 11.8 Å². The van der Waals surface area contributed by atoms with Crippen LogP contribution in [0.15, 0.2) is 18.2 Å². The fraction of sp³-hybridized carbons (Fsp3) is 0.538. The van der Waals surface area contributed by atoms with Gasteiger partial charge in [-0.05, 0) is 17.7 Å². The van der Waals surface area contributed by atoms with Gasteiger partial charge in [0.05, 0.1) is 0 Å². The maximum absolute atomic E-state index is 12.9. The number of thioether (sulfide) groups is 1. The predicted octanol–water partition coefficient (Wildman–Crippen LogP) is 2.10. The average molecular weight is 272 g/mol. The van der Waals surface area contributed by atoms with Crippen molar-refractivity contribution >= 4 is 11.8 Å². The first kappa shape index (κ1) is 13.8. The summed E-state index contributed by atoms with van der Waals surface area (Å²) in [5, 5.41) is 3.22. The van der Waals surface area contributed by atoms with Crippen molar-refractivity contribution in [1.29, 1.82) is 0 Å². The van der Waals surface area contributed by atoms with Crippen LogP contribution >= 0.6 is 11.8 Å². The van der Waals surface area contributed by atoms with Gasteiger partial charge in [0.2, 0.25) is 0 Å². The van der Waals surface area contributed by atoms with E-state index in [1.165, 1.54) is 23.6 Å². The number of nitrogens with one attached hydrogen (secondary N) is 1. The standard InChI is InChI=1S/C13H18F2N2S/c14-12-7-11(8-13(15)9-12)10-16-1-2-17-3-5-18-6-4-17/h7-9,16H,1-6,10H2. The Hall–Kier alpha value is -0.650. The van der Waals surface area contributed by atoms with Crippen LogP contribution in [0, 0.1) is 11.6 Å². The maximum Gasteiger partial charge on any atom is 0.126 e. The van der Waals surface area contributed by atoms with Crippen LogP contribution in [0.25, 0.3) is 0 Å². The Labute approximate surface area is 111 Å². The number of hydrogen-bond donors (Lipinski definition) is 1. The minimum Gasteiger partial charge on any atom is -0.311 e. The summed E-state index contributed by atoms with van der Waals surface area (Å²) in [4.78, 5) is 2.41. The SMILES string of the molecule is Fc1cc(F)cc(CNCCN2CCSCC2)c1. The maximum atomic E-state index is 12.9. The lowest BCUT2D eigenvalue weighted by Gasteiger charge is -2.26. The second-order valence-corrected chi connectivity index (χ2v) is 5.63. The third-order valence-electron chi connectivity index (χ3n) is 2.96. The largest absolute Gasteiger partial charge is 0.311 e. The lowest BCUT2D eigenvalue weighted by Crippen LogP contribution is -2.37. The van der Waals surface area contributed by atoms with E-state index in [0.29, 0.717) is 12.1 Å². The Morgan fingerprint density at radius 1 is 1.11 bits per heavy atom. The van der Waals surface area contributed by atoms with Crippen LogP contribution in [-0.2, 0) is 6.54 Å². The minimum atomic E-state index is -0.514. The number of halogens is 2. The summed E-state index contributed by atoms with van der Waals surface area (Å²) in [6, 6.07) is 3.64. The molecular weight excluding hydrogens is 254 g/mol. The summed E-state index contributed by atoms with van der Waals surface area (Å²) in [7, 11) is 0. The summed E-state index contributed by atoms with van der Waals surface area (Å²) in [6.07, 6.45) is 0. The van der Waals surface area contributed by atoms with E-state index in [1.54, 1.807) is 0 Å². The van der Waals surface area contributed by atoms with Crippen LogP contribution in [0.5, 0.6) is 0 Å². The van der Waals surface area contributed by atoms with Crippen molar-refractivity contribution in [2.24, 2.45) is 0 Å². The molecule has 1 aliphatic rings. The molecule has 100 valence electrons. The van der Waals surface area contributed by atoms with Gasteiger partial charge in [-0.25, -0.2) is 8.78 Å².